The van der Waals surface area contributed by atoms with Gasteiger partial charge in [-0.2, -0.15) is 0 Å². The molecule has 0 atom stereocenters. The second kappa shape index (κ2) is 8.24. The molecule has 2 aromatic carbocycles. The molecule has 9 heteroatoms. The van der Waals surface area contributed by atoms with Crippen LogP contribution in [0, 0.1) is 0 Å². The molecule has 1 heterocycles. The van der Waals surface area contributed by atoms with E-state index in [4.69, 9.17) is 5.73 Å². The van der Waals surface area contributed by atoms with E-state index in [1.54, 1.807) is 25.1 Å². The van der Waals surface area contributed by atoms with Gasteiger partial charge in [0.25, 0.3) is 5.91 Å². The standard InChI is InChI=1S/C21H23N5O4/c1-4-23-21(30)20-25-24-19(15-9-14(11(2)3)16(27)10-17(15)28)26(20)13-7-5-12(6-8-13)18(22)29/h5-11,27-28H,4H2,1-3H3,(H2,22,29)(H,23,30). The number of hydrogen-bond donors (Lipinski definition) is 4. The number of aromatic nitrogens is 3. The van der Waals surface area contributed by atoms with Gasteiger partial charge in [0.1, 0.15) is 11.5 Å². The molecule has 0 aliphatic heterocycles. The molecule has 0 bridgehead atoms. The van der Waals surface area contributed by atoms with E-state index in [1.165, 1.54) is 22.8 Å². The van der Waals surface area contributed by atoms with Crippen molar-refractivity contribution in [2.24, 2.45) is 5.73 Å². The quantitative estimate of drug-likeness (QED) is 0.492. The van der Waals surface area contributed by atoms with Gasteiger partial charge in [-0.1, -0.05) is 13.8 Å². The number of benzene rings is 2. The molecule has 3 rings (SSSR count). The largest absolute Gasteiger partial charge is 0.508 e. The van der Waals surface area contributed by atoms with Gasteiger partial charge >= 0.3 is 0 Å². The van der Waals surface area contributed by atoms with E-state index in [-0.39, 0.29) is 29.1 Å². The van der Waals surface area contributed by atoms with Gasteiger partial charge in [0.2, 0.25) is 11.7 Å². The molecular weight excluding hydrogens is 386 g/mol. The fourth-order valence-corrected chi connectivity index (χ4v) is 3.10. The topological polar surface area (TPSA) is 143 Å². The van der Waals surface area contributed by atoms with Crippen LogP contribution in [-0.2, 0) is 0 Å². The number of carbonyl (C=O) groups is 2. The van der Waals surface area contributed by atoms with Gasteiger partial charge in [0.05, 0.1) is 5.56 Å². The van der Waals surface area contributed by atoms with Crippen LogP contribution >= 0.6 is 0 Å². The predicted octanol–water partition coefficient (Wildman–Crippen LogP) is 2.32. The number of aromatic hydroxyl groups is 2. The first kappa shape index (κ1) is 20.8. The summed E-state index contributed by atoms with van der Waals surface area (Å²) in [5.74, 6) is -1.06. The summed E-state index contributed by atoms with van der Waals surface area (Å²) in [7, 11) is 0. The molecule has 0 saturated heterocycles. The van der Waals surface area contributed by atoms with Crippen LogP contribution in [0.15, 0.2) is 36.4 Å². The predicted molar refractivity (Wildman–Crippen MR) is 111 cm³/mol. The lowest BCUT2D eigenvalue weighted by molar-refractivity contribution is 0.0942. The highest BCUT2D eigenvalue weighted by Gasteiger charge is 2.24. The minimum atomic E-state index is -0.577. The number of primary amides is 1. The molecule has 0 aliphatic rings. The maximum atomic E-state index is 12.6. The maximum Gasteiger partial charge on any atom is 0.289 e. The zero-order chi connectivity index (χ0) is 22.0. The van der Waals surface area contributed by atoms with Gasteiger partial charge in [-0.15, -0.1) is 10.2 Å². The average molecular weight is 409 g/mol. The highest BCUT2D eigenvalue weighted by molar-refractivity contribution is 5.94. The summed E-state index contributed by atoms with van der Waals surface area (Å²) in [6.45, 7) is 5.98. The Hall–Kier alpha value is -3.88. The minimum Gasteiger partial charge on any atom is -0.508 e. The van der Waals surface area contributed by atoms with Crippen molar-refractivity contribution in [1.29, 1.82) is 0 Å². The minimum absolute atomic E-state index is 0.0113. The van der Waals surface area contributed by atoms with Crippen molar-refractivity contribution in [3.63, 3.8) is 0 Å². The average Bonchev–Trinajstić information content (AvgIpc) is 3.13. The number of phenolic OH excluding ortho intramolecular Hbond substituents is 2. The maximum absolute atomic E-state index is 12.6. The molecule has 5 N–H and O–H groups in total. The van der Waals surface area contributed by atoms with Crippen molar-refractivity contribution in [1.82, 2.24) is 20.1 Å². The van der Waals surface area contributed by atoms with Gasteiger partial charge in [0, 0.05) is 23.9 Å². The summed E-state index contributed by atoms with van der Waals surface area (Å²) in [4.78, 5) is 24.0. The molecule has 0 fully saturated rings. The Morgan fingerprint density at radius 2 is 1.77 bits per heavy atom. The second-order valence-corrected chi connectivity index (χ2v) is 7.04. The highest BCUT2D eigenvalue weighted by Crippen LogP contribution is 2.38. The Bertz CT molecular complexity index is 1100. The van der Waals surface area contributed by atoms with Crippen LogP contribution in [0.4, 0.5) is 0 Å². The van der Waals surface area contributed by atoms with Crippen LogP contribution in [0.25, 0.3) is 17.1 Å². The molecule has 9 nitrogen and oxygen atoms in total. The lowest BCUT2D eigenvalue weighted by Gasteiger charge is -2.14. The van der Waals surface area contributed by atoms with Gasteiger partial charge in [0.15, 0.2) is 5.82 Å². The first-order valence-corrected chi connectivity index (χ1v) is 9.44. The normalized spacial score (nSPS) is 10.9. The van der Waals surface area contributed by atoms with E-state index in [0.717, 1.165) is 0 Å². The third-order valence-corrected chi connectivity index (χ3v) is 4.62. The van der Waals surface area contributed by atoms with E-state index >= 15 is 0 Å². The van der Waals surface area contributed by atoms with Crippen LogP contribution in [-0.4, -0.2) is 43.3 Å². The zero-order valence-electron chi connectivity index (χ0n) is 16.9. The van der Waals surface area contributed by atoms with Gasteiger partial charge in [-0.05, 0) is 48.7 Å². The Labute approximate surface area is 173 Å². The lowest BCUT2D eigenvalue weighted by atomic mass is 9.98. The van der Waals surface area contributed by atoms with E-state index in [1.807, 2.05) is 13.8 Å². The molecular formula is C21H23N5O4. The van der Waals surface area contributed by atoms with Crippen LogP contribution in [0.1, 0.15) is 53.2 Å². The number of nitrogens with two attached hydrogens (primary N) is 1. The van der Waals surface area contributed by atoms with Crippen LogP contribution in [0.2, 0.25) is 0 Å². The Kier molecular flexibility index (Phi) is 5.72. The molecule has 2 amide bonds. The van der Waals surface area contributed by atoms with E-state index in [0.29, 0.717) is 28.9 Å². The number of carbonyl (C=O) groups excluding carboxylic acids is 2. The number of hydrogen-bond acceptors (Lipinski definition) is 6. The van der Waals surface area contributed by atoms with Crippen LogP contribution in [0.5, 0.6) is 11.5 Å². The number of nitrogens with zero attached hydrogens (tertiary/aromatic N) is 3. The van der Waals surface area contributed by atoms with Crippen LogP contribution in [0.3, 0.4) is 0 Å². The number of rotatable bonds is 6. The SMILES string of the molecule is CCNC(=O)c1nnc(-c2cc(C(C)C)c(O)cc2O)n1-c1ccc(C(N)=O)cc1. The van der Waals surface area contributed by atoms with E-state index in [9.17, 15) is 19.8 Å². The fraction of sp³-hybridized carbons (Fsp3) is 0.238. The lowest BCUT2D eigenvalue weighted by Crippen LogP contribution is -2.26. The summed E-state index contributed by atoms with van der Waals surface area (Å²) < 4.78 is 1.48. The first-order valence-electron chi connectivity index (χ1n) is 9.44. The smallest absolute Gasteiger partial charge is 0.289 e. The number of amides is 2. The molecule has 0 saturated carbocycles. The monoisotopic (exact) mass is 409 g/mol. The van der Waals surface area contributed by atoms with Crippen molar-refractivity contribution in [2.45, 2.75) is 26.7 Å². The Morgan fingerprint density at radius 3 is 2.33 bits per heavy atom. The zero-order valence-corrected chi connectivity index (χ0v) is 16.9. The van der Waals surface area contributed by atoms with Gasteiger partial charge in [-0.3, -0.25) is 14.2 Å². The summed E-state index contributed by atoms with van der Waals surface area (Å²) >= 11 is 0. The third kappa shape index (κ3) is 3.82. The highest BCUT2D eigenvalue weighted by atomic mass is 16.3. The van der Waals surface area contributed by atoms with Crippen molar-refractivity contribution >= 4 is 11.8 Å². The summed E-state index contributed by atoms with van der Waals surface area (Å²) in [5.41, 5.74) is 7.03. The van der Waals surface area contributed by atoms with Gasteiger partial charge in [-0.25, -0.2) is 0 Å². The Morgan fingerprint density at radius 1 is 1.10 bits per heavy atom. The Balaban J connectivity index is 2.25. The van der Waals surface area contributed by atoms with Crippen molar-refractivity contribution in [2.75, 3.05) is 6.54 Å². The molecule has 0 radical (unpaired) electrons. The third-order valence-electron chi connectivity index (χ3n) is 4.62. The fourth-order valence-electron chi connectivity index (χ4n) is 3.10. The molecule has 1 aromatic heterocycles. The molecule has 156 valence electrons. The molecule has 30 heavy (non-hydrogen) atoms. The van der Waals surface area contributed by atoms with E-state index < -0.39 is 11.8 Å². The molecule has 0 aliphatic carbocycles. The van der Waals surface area contributed by atoms with Crippen molar-refractivity contribution < 1.29 is 19.8 Å². The summed E-state index contributed by atoms with van der Waals surface area (Å²) in [6.07, 6.45) is 0. The number of nitrogens with one attached hydrogen (secondary N) is 1. The first-order chi connectivity index (χ1) is 14.2. The second-order valence-electron chi connectivity index (χ2n) is 7.04. The summed E-state index contributed by atoms with van der Waals surface area (Å²) in [6, 6.07) is 9.13. The molecule has 0 unspecified atom stereocenters. The molecule has 0 spiro atoms. The van der Waals surface area contributed by atoms with Crippen molar-refractivity contribution in [3.8, 4) is 28.6 Å². The number of phenols is 2. The molecule has 3 aromatic rings. The van der Waals surface area contributed by atoms with E-state index in [2.05, 4.69) is 15.5 Å². The summed E-state index contributed by atoms with van der Waals surface area (Å²) in [5, 5.41) is 31.5. The van der Waals surface area contributed by atoms with Gasteiger partial charge < -0.3 is 21.3 Å². The van der Waals surface area contributed by atoms with Crippen LogP contribution < -0.4 is 11.1 Å². The van der Waals surface area contributed by atoms with Crippen molar-refractivity contribution in [3.05, 3.63) is 53.3 Å².